The number of allylic oxidation sites excluding steroid dienone is 1. The average molecular weight is 523 g/mol. The lowest BCUT2D eigenvalue weighted by Gasteiger charge is -2.19. The van der Waals surface area contributed by atoms with E-state index in [-0.39, 0.29) is 16.2 Å². The number of esters is 1. The molecule has 0 amide bonds. The van der Waals surface area contributed by atoms with Crippen LogP contribution >= 0.6 is 0 Å². The lowest BCUT2D eigenvalue weighted by Crippen LogP contribution is -2.26. The molecule has 34 heavy (non-hydrogen) atoms. The van der Waals surface area contributed by atoms with Gasteiger partial charge in [-0.1, -0.05) is 24.6 Å². The third-order valence-electron chi connectivity index (χ3n) is 4.69. The molecule has 2 aromatic rings. The van der Waals surface area contributed by atoms with Crippen LogP contribution in [0.2, 0.25) is 0 Å². The van der Waals surface area contributed by atoms with E-state index in [9.17, 15) is 34.8 Å². The Morgan fingerprint density at radius 1 is 1.06 bits per heavy atom. The first kappa shape index (κ1) is 25.7. The fourth-order valence-electron chi connectivity index (χ4n) is 3.13. The molecule has 0 aliphatic heterocycles. The first-order valence-electron chi connectivity index (χ1n) is 9.76. The molecule has 3 rings (SSSR count). The molecule has 0 N–H and O–H groups in total. The van der Waals surface area contributed by atoms with Gasteiger partial charge in [-0.2, -0.15) is 34.1 Å². The number of ether oxygens (including phenoxy) is 1. The van der Waals surface area contributed by atoms with Crippen LogP contribution in [0.4, 0.5) is 13.2 Å². The molecular weight excluding hydrogens is 501 g/mol. The SMILES string of the molecule is Cc1ccc(S(=O)(=O)n2nc(C(=O)OC(C)(C)C)c3c2C=C(OS(=O)(=O)C(F)(F)F)[C@@H]3C)cc1. The number of aryl methyl sites for hydroxylation is 1. The van der Waals surface area contributed by atoms with E-state index in [0.29, 0.717) is 4.09 Å². The zero-order valence-corrected chi connectivity index (χ0v) is 20.3. The predicted octanol–water partition coefficient (Wildman–Crippen LogP) is 3.71. The molecule has 1 aliphatic rings. The fourth-order valence-corrected chi connectivity index (χ4v) is 4.94. The molecule has 0 bridgehead atoms. The Bertz CT molecular complexity index is 1380. The molecule has 186 valence electrons. The van der Waals surface area contributed by atoms with Gasteiger partial charge in [-0.05, 0) is 39.8 Å². The van der Waals surface area contributed by atoms with Crippen molar-refractivity contribution in [2.45, 2.75) is 56.5 Å². The maximum absolute atomic E-state index is 13.3. The van der Waals surface area contributed by atoms with Crippen LogP contribution < -0.4 is 0 Å². The standard InChI is InChI=1S/C20H21F3N2O7S2/c1-11-6-8-13(9-7-11)33(27,28)25-14-10-15(32-34(29,30)20(21,22)23)12(2)16(14)17(24-25)18(26)31-19(3,4)5/h6-10,12H,1-5H3/t12-/m0/s1. The van der Waals surface area contributed by atoms with Gasteiger partial charge in [0.1, 0.15) is 11.4 Å². The van der Waals surface area contributed by atoms with Crippen molar-refractivity contribution in [2.75, 3.05) is 0 Å². The number of halogens is 3. The molecule has 1 aromatic heterocycles. The zero-order valence-electron chi connectivity index (χ0n) is 18.7. The number of aromatic nitrogens is 2. The van der Waals surface area contributed by atoms with Crippen molar-refractivity contribution in [3.63, 3.8) is 0 Å². The summed E-state index contributed by atoms with van der Waals surface area (Å²) in [7, 11) is -10.5. The van der Waals surface area contributed by atoms with Crippen LogP contribution in [0.5, 0.6) is 0 Å². The number of hydrogen-bond donors (Lipinski definition) is 0. The van der Waals surface area contributed by atoms with Crippen molar-refractivity contribution in [1.82, 2.24) is 9.19 Å². The van der Waals surface area contributed by atoms with Crippen molar-refractivity contribution in [1.29, 1.82) is 0 Å². The number of rotatable bonds is 5. The summed E-state index contributed by atoms with van der Waals surface area (Å²) >= 11 is 0. The van der Waals surface area contributed by atoms with Gasteiger partial charge in [-0.3, -0.25) is 0 Å². The second kappa shape index (κ2) is 8.12. The Hall–Kier alpha value is -2.87. The Morgan fingerprint density at radius 2 is 1.62 bits per heavy atom. The first-order chi connectivity index (χ1) is 15.3. The molecule has 1 aliphatic carbocycles. The van der Waals surface area contributed by atoms with Gasteiger partial charge in [-0.25, -0.2) is 4.79 Å². The summed E-state index contributed by atoms with van der Waals surface area (Å²) < 4.78 is 98.2. The van der Waals surface area contributed by atoms with Crippen LogP contribution in [0, 0.1) is 6.92 Å². The summed E-state index contributed by atoms with van der Waals surface area (Å²) in [6, 6.07) is 5.63. The largest absolute Gasteiger partial charge is 0.534 e. The van der Waals surface area contributed by atoms with Gasteiger partial charge in [0.05, 0.1) is 10.6 Å². The monoisotopic (exact) mass is 522 g/mol. The van der Waals surface area contributed by atoms with Crippen LogP contribution in [0.15, 0.2) is 34.9 Å². The molecule has 9 nitrogen and oxygen atoms in total. The number of hydrogen-bond acceptors (Lipinski definition) is 8. The molecular formula is C20H21F3N2O7S2. The second-order valence-electron chi connectivity index (χ2n) is 8.56. The van der Waals surface area contributed by atoms with E-state index in [2.05, 4.69) is 9.28 Å². The van der Waals surface area contributed by atoms with Crippen molar-refractivity contribution in [3.8, 4) is 0 Å². The number of carbonyl (C=O) groups is 1. The van der Waals surface area contributed by atoms with Crippen LogP contribution in [0.25, 0.3) is 6.08 Å². The molecule has 0 radical (unpaired) electrons. The van der Waals surface area contributed by atoms with Crippen LogP contribution in [0.1, 0.15) is 60.9 Å². The van der Waals surface area contributed by atoms with E-state index in [1.54, 1.807) is 27.7 Å². The summed E-state index contributed by atoms with van der Waals surface area (Å²) in [5.74, 6) is -3.01. The molecule has 1 aromatic carbocycles. The third-order valence-corrected chi connectivity index (χ3v) is 7.28. The molecule has 0 saturated heterocycles. The van der Waals surface area contributed by atoms with Crippen molar-refractivity contribution < 1.29 is 43.7 Å². The van der Waals surface area contributed by atoms with Gasteiger partial charge in [0.25, 0.3) is 10.0 Å². The van der Waals surface area contributed by atoms with E-state index in [0.717, 1.165) is 11.6 Å². The van der Waals surface area contributed by atoms with Gasteiger partial charge in [0.15, 0.2) is 5.69 Å². The average Bonchev–Trinajstić information content (AvgIpc) is 3.18. The molecule has 14 heteroatoms. The number of nitrogens with zero attached hydrogens (tertiary/aromatic N) is 2. The van der Waals surface area contributed by atoms with Crippen molar-refractivity contribution in [3.05, 3.63) is 52.5 Å². The summed E-state index contributed by atoms with van der Waals surface area (Å²) in [6.45, 7) is 7.64. The van der Waals surface area contributed by atoms with E-state index >= 15 is 0 Å². The predicted molar refractivity (Wildman–Crippen MR) is 114 cm³/mol. The van der Waals surface area contributed by atoms with E-state index in [1.165, 1.54) is 31.2 Å². The van der Waals surface area contributed by atoms with E-state index in [1.807, 2.05) is 0 Å². The molecule has 1 heterocycles. The number of benzene rings is 1. The lowest BCUT2D eigenvalue weighted by molar-refractivity contribution is -0.0523. The van der Waals surface area contributed by atoms with Gasteiger partial charge in [-0.15, -0.1) is 5.10 Å². The minimum Gasteiger partial charge on any atom is -0.455 e. The molecule has 0 spiro atoms. The quantitative estimate of drug-likeness (QED) is 0.331. The van der Waals surface area contributed by atoms with Gasteiger partial charge in [0, 0.05) is 17.6 Å². The molecule has 0 fully saturated rings. The smallest absolute Gasteiger partial charge is 0.455 e. The van der Waals surface area contributed by atoms with E-state index in [4.69, 9.17) is 4.74 Å². The van der Waals surface area contributed by atoms with Gasteiger partial charge in [0.2, 0.25) is 0 Å². The highest BCUT2D eigenvalue weighted by Crippen LogP contribution is 2.42. The minimum atomic E-state index is -6.04. The van der Waals surface area contributed by atoms with Crippen LogP contribution in [-0.4, -0.2) is 43.1 Å². The minimum absolute atomic E-state index is 0.141. The van der Waals surface area contributed by atoms with Crippen molar-refractivity contribution in [2.24, 2.45) is 0 Å². The fraction of sp³-hybridized carbons (Fsp3) is 0.400. The highest BCUT2D eigenvalue weighted by molar-refractivity contribution is 7.90. The maximum Gasteiger partial charge on any atom is 0.534 e. The highest BCUT2D eigenvalue weighted by Gasteiger charge is 2.50. The summed E-state index contributed by atoms with van der Waals surface area (Å²) in [5.41, 5.74) is -6.90. The van der Waals surface area contributed by atoms with Crippen molar-refractivity contribution >= 4 is 32.2 Å². The maximum atomic E-state index is 13.3. The van der Waals surface area contributed by atoms with Crippen LogP contribution in [-0.2, 0) is 29.1 Å². The number of carbonyl (C=O) groups excluding carboxylic acids is 1. The van der Waals surface area contributed by atoms with Crippen LogP contribution in [0.3, 0.4) is 0 Å². The first-order valence-corrected chi connectivity index (χ1v) is 12.6. The lowest BCUT2D eigenvalue weighted by atomic mass is 10.0. The Labute approximate surface area is 194 Å². The van der Waals surface area contributed by atoms with E-state index < -0.39 is 54.6 Å². The number of alkyl halides is 3. The summed E-state index contributed by atoms with van der Waals surface area (Å²) in [4.78, 5) is 12.6. The Kier molecular flexibility index (Phi) is 6.15. The van der Waals surface area contributed by atoms with Gasteiger partial charge < -0.3 is 8.92 Å². The van der Waals surface area contributed by atoms with Gasteiger partial charge >= 0.3 is 21.6 Å². The zero-order chi connectivity index (χ0) is 25.9. The third kappa shape index (κ3) is 4.69. The molecule has 0 unspecified atom stereocenters. The molecule has 1 atom stereocenters. The second-order valence-corrected chi connectivity index (χ2v) is 11.9. The highest BCUT2D eigenvalue weighted by atomic mass is 32.2. The number of fused-ring (bicyclic) bond motifs is 1. The Morgan fingerprint density at radius 3 is 2.12 bits per heavy atom. The Balaban J connectivity index is 2.20. The summed E-state index contributed by atoms with van der Waals surface area (Å²) in [6.07, 6.45) is 0.801. The summed E-state index contributed by atoms with van der Waals surface area (Å²) in [5, 5.41) is 3.90. The molecule has 0 saturated carbocycles. The topological polar surface area (TPSA) is 122 Å². The normalized spacial score (nSPS) is 16.7.